The zero-order chi connectivity index (χ0) is 12.3. The molecule has 2 rings (SSSR count). The molecule has 0 aromatic heterocycles. The topological polar surface area (TPSA) is 67.5 Å². The normalized spacial score (nSPS) is 10.9. The summed E-state index contributed by atoms with van der Waals surface area (Å²) in [6.07, 6.45) is 1.59. The van der Waals surface area contributed by atoms with Crippen LogP contribution < -0.4 is 11.2 Å². The fourth-order valence-electron chi connectivity index (χ4n) is 1.60. The molecule has 2 aromatic rings. The van der Waals surface area contributed by atoms with Crippen LogP contribution in [0.3, 0.4) is 0 Å². The smallest absolute Gasteiger partial charge is 0.332 e. The van der Waals surface area contributed by atoms with E-state index in [1.54, 1.807) is 6.21 Å². The van der Waals surface area contributed by atoms with Crippen LogP contribution >= 0.6 is 22.6 Å². The molecule has 0 aliphatic carbocycles. The standard InChI is InChI=1S/C12H10IN3O/c13-10-6-2-4-8-3-1-5-9(11(8)10)7-15-16-12(14)17/h1-7H,(H3,14,16,17). The van der Waals surface area contributed by atoms with Gasteiger partial charge in [0.2, 0.25) is 0 Å². The molecule has 0 bridgehead atoms. The van der Waals surface area contributed by atoms with Crippen molar-refractivity contribution in [1.82, 2.24) is 5.43 Å². The number of benzene rings is 2. The van der Waals surface area contributed by atoms with Crippen LogP contribution in [0.25, 0.3) is 10.8 Å². The van der Waals surface area contributed by atoms with Gasteiger partial charge in [0.1, 0.15) is 0 Å². The maximum absolute atomic E-state index is 10.5. The zero-order valence-corrected chi connectivity index (χ0v) is 11.0. The van der Waals surface area contributed by atoms with Crippen LogP contribution in [0.5, 0.6) is 0 Å². The van der Waals surface area contributed by atoms with E-state index in [1.165, 1.54) is 0 Å². The summed E-state index contributed by atoms with van der Waals surface area (Å²) in [5.74, 6) is 0. The highest BCUT2D eigenvalue weighted by molar-refractivity contribution is 14.1. The molecule has 0 unspecified atom stereocenters. The van der Waals surface area contributed by atoms with Crippen molar-refractivity contribution in [3.8, 4) is 0 Å². The lowest BCUT2D eigenvalue weighted by atomic mass is 10.1. The number of hydrogen-bond donors (Lipinski definition) is 2. The number of urea groups is 1. The number of nitrogens with one attached hydrogen (secondary N) is 1. The third-order valence-corrected chi connectivity index (χ3v) is 3.16. The number of carbonyl (C=O) groups excluding carboxylic acids is 1. The molecule has 0 atom stereocenters. The molecule has 0 saturated carbocycles. The Morgan fingerprint density at radius 2 is 2.00 bits per heavy atom. The molecule has 0 radical (unpaired) electrons. The Balaban J connectivity index is 2.47. The summed E-state index contributed by atoms with van der Waals surface area (Å²) in [5, 5.41) is 6.03. The number of amides is 2. The molecule has 4 nitrogen and oxygen atoms in total. The van der Waals surface area contributed by atoms with Crippen molar-refractivity contribution in [3.05, 3.63) is 45.5 Å². The molecule has 0 spiro atoms. The Hall–Kier alpha value is -1.63. The van der Waals surface area contributed by atoms with Crippen LogP contribution in [0.2, 0.25) is 0 Å². The fraction of sp³-hybridized carbons (Fsp3) is 0. The van der Waals surface area contributed by atoms with Crippen molar-refractivity contribution >= 4 is 45.6 Å². The number of hydrazone groups is 1. The summed E-state index contributed by atoms with van der Waals surface area (Å²) in [5.41, 5.74) is 8.06. The second-order valence-electron chi connectivity index (χ2n) is 3.42. The summed E-state index contributed by atoms with van der Waals surface area (Å²) in [6, 6.07) is 11.3. The Kier molecular flexibility index (Phi) is 3.58. The summed E-state index contributed by atoms with van der Waals surface area (Å²) in [4.78, 5) is 10.5. The van der Waals surface area contributed by atoms with Crippen LogP contribution in [-0.2, 0) is 0 Å². The first-order chi connectivity index (χ1) is 8.18. The third kappa shape index (κ3) is 2.73. The quantitative estimate of drug-likeness (QED) is 0.493. The molecular weight excluding hydrogens is 329 g/mol. The van der Waals surface area contributed by atoms with Gasteiger partial charge in [0.05, 0.1) is 6.21 Å². The average Bonchev–Trinajstić information content (AvgIpc) is 2.29. The highest BCUT2D eigenvalue weighted by atomic mass is 127. The second kappa shape index (κ2) is 5.13. The van der Waals surface area contributed by atoms with Gasteiger partial charge in [0.15, 0.2) is 0 Å². The van der Waals surface area contributed by atoms with Gasteiger partial charge in [-0.1, -0.05) is 30.3 Å². The van der Waals surface area contributed by atoms with Gasteiger partial charge in [-0.3, -0.25) is 0 Å². The van der Waals surface area contributed by atoms with E-state index in [2.05, 4.69) is 33.1 Å². The minimum Gasteiger partial charge on any atom is -0.350 e. The minimum absolute atomic E-state index is 0.670. The summed E-state index contributed by atoms with van der Waals surface area (Å²) in [7, 11) is 0. The molecule has 17 heavy (non-hydrogen) atoms. The van der Waals surface area contributed by atoms with Crippen molar-refractivity contribution in [1.29, 1.82) is 0 Å². The van der Waals surface area contributed by atoms with E-state index in [0.29, 0.717) is 0 Å². The van der Waals surface area contributed by atoms with E-state index in [0.717, 1.165) is 19.9 Å². The van der Waals surface area contributed by atoms with Gasteiger partial charge in [-0.2, -0.15) is 5.10 Å². The van der Waals surface area contributed by atoms with Gasteiger partial charge >= 0.3 is 6.03 Å². The monoisotopic (exact) mass is 339 g/mol. The molecule has 2 amide bonds. The number of halogens is 1. The SMILES string of the molecule is NC(=O)NN=Cc1cccc2cccc(I)c12. The summed E-state index contributed by atoms with van der Waals surface area (Å²) in [6.45, 7) is 0. The molecular formula is C12H10IN3O. The summed E-state index contributed by atoms with van der Waals surface area (Å²) < 4.78 is 1.14. The third-order valence-electron chi connectivity index (χ3n) is 2.26. The second-order valence-corrected chi connectivity index (χ2v) is 4.58. The number of fused-ring (bicyclic) bond motifs is 1. The highest BCUT2D eigenvalue weighted by Gasteiger charge is 2.02. The molecule has 2 aromatic carbocycles. The molecule has 0 aliphatic rings. The van der Waals surface area contributed by atoms with Crippen molar-refractivity contribution in [2.24, 2.45) is 10.8 Å². The maximum Gasteiger partial charge on any atom is 0.332 e. The number of primary amides is 1. The first-order valence-corrected chi connectivity index (χ1v) is 6.02. The summed E-state index contributed by atoms with van der Waals surface area (Å²) >= 11 is 2.28. The first-order valence-electron chi connectivity index (χ1n) is 4.94. The molecule has 5 heteroatoms. The van der Waals surface area contributed by atoms with Crippen LogP contribution in [0.1, 0.15) is 5.56 Å². The molecule has 0 saturated heterocycles. The van der Waals surface area contributed by atoms with Crippen molar-refractivity contribution in [3.63, 3.8) is 0 Å². The molecule has 3 N–H and O–H groups in total. The van der Waals surface area contributed by atoms with Crippen LogP contribution in [0.4, 0.5) is 4.79 Å². The van der Waals surface area contributed by atoms with E-state index in [9.17, 15) is 4.79 Å². The van der Waals surface area contributed by atoms with Gasteiger partial charge in [0, 0.05) is 14.5 Å². The zero-order valence-electron chi connectivity index (χ0n) is 8.85. The Morgan fingerprint density at radius 1 is 1.29 bits per heavy atom. The lowest BCUT2D eigenvalue weighted by molar-refractivity contribution is 0.249. The van der Waals surface area contributed by atoms with E-state index in [-0.39, 0.29) is 0 Å². The number of rotatable bonds is 2. The lowest BCUT2D eigenvalue weighted by Gasteiger charge is -2.04. The molecule has 86 valence electrons. The fourth-order valence-corrected chi connectivity index (χ4v) is 2.43. The largest absolute Gasteiger partial charge is 0.350 e. The van der Waals surface area contributed by atoms with E-state index in [1.807, 2.05) is 36.4 Å². The van der Waals surface area contributed by atoms with Crippen LogP contribution in [-0.4, -0.2) is 12.2 Å². The Bertz CT molecular complexity index is 590. The van der Waals surface area contributed by atoms with Gasteiger partial charge in [0.25, 0.3) is 0 Å². The number of hydrogen-bond acceptors (Lipinski definition) is 2. The number of nitrogens with two attached hydrogens (primary N) is 1. The Labute approximate surface area is 112 Å². The van der Waals surface area contributed by atoms with E-state index >= 15 is 0 Å². The molecule has 0 heterocycles. The van der Waals surface area contributed by atoms with Crippen molar-refractivity contribution in [2.45, 2.75) is 0 Å². The van der Waals surface area contributed by atoms with E-state index in [4.69, 9.17) is 5.73 Å². The first kappa shape index (κ1) is 11.8. The van der Waals surface area contributed by atoms with Crippen LogP contribution in [0.15, 0.2) is 41.5 Å². The predicted octanol–water partition coefficient (Wildman–Crippen LogP) is 2.45. The van der Waals surface area contributed by atoms with Crippen molar-refractivity contribution in [2.75, 3.05) is 0 Å². The molecule has 0 fully saturated rings. The average molecular weight is 339 g/mol. The maximum atomic E-state index is 10.5. The van der Waals surface area contributed by atoms with Gasteiger partial charge in [-0.25, -0.2) is 10.2 Å². The van der Waals surface area contributed by atoms with Crippen LogP contribution in [0, 0.1) is 3.57 Å². The van der Waals surface area contributed by atoms with Gasteiger partial charge in [-0.05, 0) is 34.0 Å². The van der Waals surface area contributed by atoms with Gasteiger partial charge in [-0.15, -0.1) is 0 Å². The Morgan fingerprint density at radius 3 is 2.71 bits per heavy atom. The van der Waals surface area contributed by atoms with E-state index < -0.39 is 6.03 Å². The predicted molar refractivity (Wildman–Crippen MR) is 77.0 cm³/mol. The molecule has 0 aliphatic heterocycles. The van der Waals surface area contributed by atoms with Gasteiger partial charge < -0.3 is 5.73 Å². The lowest BCUT2D eigenvalue weighted by Crippen LogP contribution is -2.24. The minimum atomic E-state index is -0.670. The highest BCUT2D eigenvalue weighted by Crippen LogP contribution is 2.23. The number of carbonyl (C=O) groups is 1. The van der Waals surface area contributed by atoms with Crippen molar-refractivity contribution < 1.29 is 4.79 Å². The number of nitrogens with zero attached hydrogens (tertiary/aromatic N) is 1.